The molecule has 0 aliphatic heterocycles. The highest BCUT2D eigenvalue weighted by Crippen LogP contribution is 2.26. The summed E-state index contributed by atoms with van der Waals surface area (Å²) in [4.78, 5) is 4.04. The summed E-state index contributed by atoms with van der Waals surface area (Å²) in [5.41, 5.74) is 1.82. The summed E-state index contributed by atoms with van der Waals surface area (Å²) in [5.74, 6) is 0.899. The van der Waals surface area contributed by atoms with Crippen LogP contribution < -0.4 is 5.32 Å². The average Bonchev–Trinajstić information content (AvgIpc) is 2.85. The zero-order valence-electron chi connectivity index (χ0n) is 10.4. The molecule has 1 N–H and O–H groups in total. The van der Waals surface area contributed by atoms with Crippen molar-refractivity contribution in [3.05, 3.63) is 59.6 Å². The summed E-state index contributed by atoms with van der Waals surface area (Å²) < 4.78 is 5.82. The molecule has 0 radical (unpaired) electrons. The van der Waals surface area contributed by atoms with Crippen molar-refractivity contribution in [2.24, 2.45) is 0 Å². The number of halogens is 1. The minimum Gasteiger partial charge on any atom is -0.459 e. The van der Waals surface area contributed by atoms with Gasteiger partial charge in [-0.1, -0.05) is 29.8 Å². The molecule has 1 aromatic carbocycles. The number of fused-ring (bicyclic) bond motifs is 1. The monoisotopic (exact) mass is 272 g/mol. The second kappa shape index (κ2) is 4.94. The molecule has 2 heterocycles. The fraction of sp³-hybridized carbons (Fsp3) is 0.133. The van der Waals surface area contributed by atoms with Gasteiger partial charge in [0.05, 0.1) is 17.9 Å². The first kappa shape index (κ1) is 12.1. The average molecular weight is 273 g/mol. The maximum absolute atomic E-state index is 5.82. The molecule has 2 aromatic heterocycles. The minimum absolute atomic E-state index is 0.0652. The van der Waals surface area contributed by atoms with E-state index in [0.717, 1.165) is 22.4 Å². The topological polar surface area (TPSA) is 38.1 Å². The van der Waals surface area contributed by atoms with E-state index in [1.807, 2.05) is 37.3 Å². The predicted molar refractivity (Wildman–Crippen MR) is 77.5 cm³/mol. The van der Waals surface area contributed by atoms with Crippen molar-refractivity contribution in [1.82, 2.24) is 4.98 Å². The highest BCUT2D eigenvalue weighted by atomic mass is 35.5. The fourth-order valence-corrected chi connectivity index (χ4v) is 2.11. The van der Waals surface area contributed by atoms with Crippen LogP contribution in [0.15, 0.2) is 53.1 Å². The maximum Gasteiger partial charge on any atom is 0.134 e. The Labute approximate surface area is 116 Å². The van der Waals surface area contributed by atoms with Gasteiger partial charge in [0, 0.05) is 5.39 Å². The zero-order chi connectivity index (χ0) is 13.2. The number of nitrogens with zero attached hydrogens (tertiary/aromatic N) is 1. The summed E-state index contributed by atoms with van der Waals surface area (Å²) in [6, 6.07) is 13.8. The second-order valence-corrected chi connectivity index (χ2v) is 4.81. The molecular weight excluding hydrogens is 260 g/mol. The third-order valence-corrected chi connectivity index (χ3v) is 3.21. The largest absolute Gasteiger partial charge is 0.459 e. The maximum atomic E-state index is 5.82. The highest BCUT2D eigenvalue weighted by Gasteiger charge is 2.11. The van der Waals surface area contributed by atoms with E-state index in [9.17, 15) is 0 Å². The zero-order valence-corrected chi connectivity index (χ0v) is 11.2. The number of para-hydroxylation sites is 1. The number of anilines is 1. The molecule has 0 saturated carbocycles. The van der Waals surface area contributed by atoms with Gasteiger partial charge in [-0.3, -0.25) is 0 Å². The first-order chi connectivity index (χ1) is 9.22. The van der Waals surface area contributed by atoms with Crippen LogP contribution in [0.25, 0.3) is 11.0 Å². The van der Waals surface area contributed by atoms with Gasteiger partial charge in [-0.2, -0.15) is 0 Å². The first-order valence-corrected chi connectivity index (χ1v) is 6.47. The predicted octanol–water partition coefficient (Wildman–Crippen LogP) is 4.65. The van der Waals surface area contributed by atoms with Crippen LogP contribution in [0, 0.1) is 0 Å². The van der Waals surface area contributed by atoms with Crippen molar-refractivity contribution in [3.63, 3.8) is 0 Å². The van der Waals surface area contributed by atoms with Gasteiger partial charge in [-0.25, -0.2) is 4.98 Å². The summed E-state index contributed by atoms with van der Waals surface area (Å²) in [5, 5.41) is 4.93. The van der Waals surface area contributed by atoms with Gasteiger partial charge in [0.1, 0.15) is 16.5 Å². The number of benzene rings is 1. The number of pyridine rings is 1. The van der Waals surface area contributed by atoms with Gasteiger partial charge >= 0.3 is 0 Å². The van der Waals surface area contributed by atoms with Gasteiger partial charge in [0.2, 0.25) is 0 Å². The molecule has 0 spiro atoms. The quantitative estimate of drug-likeness (QED) is 0.705. The molecule has 1 atom stereocenters. The third-order valence-electron chi connectivity index (χ3n) is 2.98. The molecule has 0 aliphatic rings. The van der Waals surface area contributed by atoms with Crippen molar-refractivity contribution in [3.8, 4) is 0 Å². The summed E-state index contributed by atoms with van der Waals surface area (Å²) in [7, 11) is 0. The van der Waals surface area contributed by atoms with E-state index in [0.29, 0.717) is 5.15 Å². The molecule has 0 amide bonds. The van der Waals surface area contributed by atoms with Crippen molar-refractivity contribution >= 4 is 28.3 Å². The number of hydrogen-bond acceptors (Lipinski definition) is 3. The standard InChI is InChI=1S/C15H13ClN2O/c1-10(18-12-6-7-15(16)17-9-12)14-8-11-4-2-3-5-13(11)19-14/h2-10,18H,1H3. The van der Waals surface area contributed by atoms with Crippen LogP contribution in [0.2, 0.25) is 5.15 Å². The van der Waals surface area contributed by atoms with Crippen LogP contribution in [-0.2, 0) is 0 Å². The number of nitrogens with one attached hydrogen (secondary N) is 1. The Bertz CT molecular complexity index is 658. The van der Waals surface area contributed by atoms with Crippen LogP contribution in [-0.4, -0.2) is 4.98 Å². The van der Waals surface area contributed by atoms with Crippen molar-refractivity contribution in [1.29, 1.82) is 0 Å². The lowest BCUT2D eigenvalue weighted by Gasteiger charge is -2.12. The SMILES string of the molecule is CC(Nc1ccc(Cl)nc1)c1cc2ccccc2o1. The Morgan fingerprint density at radius 1 is 1.21 bits per heavy atom. The van der Waals surface area contributed by atoms with E-state index in [-0.39, 0.29) is 6.04 Å². The van der Waals surface area contributed by atoms with E-state index in [2.05, 4.69) is 16.4 Å². The Hall–Kier alpha value is -2.00. The molecule has 0 aliphatic carbocycles. The van der Waals surface area contributed by atoms with Crippen LogP contribution in [0.5, 0.6) is 0 Å². The molecule has 96 valence electrons. The lowest BCUT2D eigenvalue weighted by molar-refractivity contribution is 0.526. The normalized spacial score (nSPS) is 12.5. The smallest absolute Gasteiger partial charge is 0.134 e. The lowest BCUT2D eigenvalue weighted by atomic mass is 10.2. The third kappa shape index (κ3) is 2.56. The molecule has 0 bridgehead atoms. The summed E-state index contributed by atoms with van der Waals surface area (Å²) in [6.07, 6.45) is 1.71. The van der Waals surface area contributed by atoms with Crippen LogP contribution in [0.1, 0.15) is 18.7 Å². The van der Waals surface area contributed by atoms with Gasteiger partial charge in [0.25, 0.3) is 0 Å². The molecule has 1 unspecified atom stereocenters. The van der Waals surface area contributed by atoms with Crippen molar-refractivity contribution in [2.75, 3.05) is 5.32 Å². The van der Waals surface area contributed by atoms with Crippen molar-refractivity contribution in [2.45, 2.75) is 13.0 Å². The van der Waals surface area contributed by atoms with Crippen LogP contribution >= 0.6 is 11.6 Å². The summed E-state index contributed by atoms with van der Waals surface area (Å²) >= 11 is 5.76. The number of aromatic nitrogens is 1. The van der Waals surface area contributed by atoms with Gasteiger partial charge < -0.3 is 9.73 Å². The Kier molecular flexibility index (Phi) is 3.13. The Balaban J connectivity index is 1.83. The van der Waals surface area contributed by atoms with Crippen molar-refractivity contribution < 1.29 is 4.42 Å². The van der Waals surface area contributed by atoms with E-state index < -0.39 is 0 Å². The molecule has 0 saturated heterocycles. The Morgan fingerprint density at radius 3 is 2.79 bits per heavy atom. The van der Waals surface area contributed by atoms with Crippen LogP contribution in [0.4, 0.5) is 5.69 Å². The fourth-order valence-electron chi connectivity index (χ4n) is 2.00. The van der Waals surface area contributed by atoms with Gasteiger partial charge in [0.15, 0.2) is 0 Å². The molecule has 4 heteroatoms. The molecular formula is C15H13ClN2O. The Morgan fingerprint density at radius 2 is 2.05 bits per heavy atom. The molecule has 0 fully saturated rings. The molecule has 3 rings (SSSR count). The van der Waals surface area contributed by atoms with E-state index in [1.165, 1.54) is 0 Å². The molecule has 19 heavy (non-hydrogen) atoms. The molecule has 3 aromatic rings. The van der Waals surface area contributed by atoms with E-state index in [1.54, 1.807) is 12.3 Å². The lowest BCUT2D eigenvalue weighted by Crippen LogP contribution is -2.05. The number of furan rings is 1. The minimum atomic E-state index is 0.0652. The van der Waals surface area contributed by atoms with Gasteiger partial charge in [-0.15, -0.1) is 0 Å². The first-order valence-electron chi connectivity index (χ1n) is 6.09. The number of rotatable bonds is 3. The number of hydrogen-bond donors (Lipinski definition) is 1. The van der Waals surface area contributed by atoms with E-state index >= 15 is 0 Å². The van der Waals surface area contributed by atoms with E-state index in [4.69, 9.17) is 16.0 Å². The molecule has 3 nitrogen and oxygen atoms in total. The summed E-state index contributed by atoms with van der Waals surface area (Å²) in [6.45, 7) is 2.05. The van der Waals surface area contributed by atoms with Crippen LogP contribution in [0.3, 0.4) is 0 Å². The van der Waals surface area contributed by atoms with Gasteiger partial charge in [-0.05, 0) is 31.2 Å². The highest BCUT2D eigenvalue weighted by molar-refractivity contribution is 6.29. The second-order valence-electron chi connectivity index (χ2n) is 4.42.